The Morgan fingerprint density at radius 2 is 1.67 bits per heavy atom. The second-order valence-electron chi connectivity index (χ2n) is 12.0. The zero-order valence-electron chi connectivity index (χ0n) is 24.7. The fraction of sp³-hybridized carbons (Fsp3) is 0.438. The first-order valence-electron chi connectivity index (χ1n) is 14.3. The van der Waals surface area contributed by atoms with E-state index in [1.54, 1.807) is 11.9 Å². The van der Waals surface area contributed by atoms with Gasteiger partial charge in [-0.2, -0.15) is 5.10 Å². The molecule has 1 aliphatic carbocycles. The highest BCUT2D eigenvalue weighted by molar-refractivity contribution is 5.88. The van der Waals surface area contributed by atoms with E-state index in [4.69, 9.17) is 9.47 Å². The highest BCUT2D eigenvalue weighted by Crippen LogP contribution is 2.44. The van der Waals surface area contributed by atoms with Crippen LogP contribution in [0.3, 0.4) is 0 Å². The molecule has 2 atom stereocenters. The van der Waals surface area contributed by atoms with Gasteiger partial charge in [0, 0.05) is 25.7 Å². The first-order chi connectivity index (χ1) is 19.9. The van der Waals surface area contributed by atoms with Crippen LogP contribution in [0.1, 0.15) is 73.6 Å². The average Bonchev–Trinajstić information content (AvgIpc) is 3.47. The maximum atomic E-state index is 14.0. The second-order valence-corrected chi connectivity index (χ2v) is 12.0. The predicted octanol–water partition coefficient (Wildman–Crippen LogP) is 5.66. The largest absolute Gasteiger partial charge is 0.478 e. The quantitative estimate of drug-likeness (QED) is 0.404. The standard InChI is InChI=1S/C32H38N4O6/c1-20-28(15-10-16-35(20)31(40)42-32(2,3)4)36(18-27-25(29(37)38)17-34(5)33-27)30(39)41-19-26-23-13-8-6-11-21(23)22-12-7-9-14-24(22)26/h6-9,11-14,17,20,26,28H,10,15-16,18-19H2,1-5H3,(H,37,38)/t20-,28+/m1/s1. The number of aryl methyl sites for hydroxylation is 1. The van der Waals surface area contributed by atoms with Gasteiger partial charge in [-0.3, -0.25) is 9.58 Å². The van der Waals surface area contributed by atoms with E-state index in [0.717, 1.165) is 22.3 Å². The van der Waals surface area contributed by atoms with Crippen LogP contribution in [0, 0.1) is 0 Å². The number of benzene rings is 2. The molecule has 1 aliphatic heterocycles. The fourth-order valence-corrected chi connectivity index (χ4v) is 6.10. The first kappa shape index (κ1) is 29.2. The number of amides is 2. The third-order valence-corrected chi connectivity index (χ3v) is 8.00. The van der Waals surface area contributed by atoms with Crippen molar-refractivity contribution < 1.29 is 29.0 Å². The Kier molecular flexibility index (Phi) is 7.99. The van der Waals surface area contributed by atoms with Gasteiger partial charge >= 0.3 is 18.2 Å². The number of hydrogen-bond donors (Lipinski definition) is 1. The van der Waals surface area contributed by atoms with Gasteiger partial charge in [0.1, 0.15) is 17.8 Å². The van der Waals surface area contributed by atoms with Gasteiger partial charge in [0.05, 0.1) is 24.3 Å². The number of ether oxygens (including phenoxy) is 2. The zero-order valence-corrected chi connectivity index (χ0v) is 24.7. The number of hydrogen-bond acceptors (Lipinski definition) is 6. The van der Waals surface area contributed by atoms with Gasteiger partial charge in [-0.05, 0) is 62.8 Å². The second kappa shape index (κ2) is 11.5. The van der Waals surface area contributed by atoms with E-state index < -0.39 is 35.8 Å². The molecule has 2 aliphatic rings. The topological polar surface area (TPSA) is 114 Å². The van der Waals surface area contributed by atoms with Crippen molar-refractivity contribution in [3.05, 3.63) is 77.1 Å². The molecule has 1 fully saturated rings. The van der Waals surface area contributed by atoms with Crippen LogP contribution in [0.2, 0.25) is 0 Å². The van der Waals surface area contributed by atoms with Crippen molar-refractivity contribution in [3.8, 4) is 11.1 Å². The Balaban J connectivity index is 1.42. The van der Waals surface area contributed by atoms with Gasteiger partial charge in [0.15, 0.2) is 0 Å². The molecule has 0 radical (unpaired) electrons. The summed E-state index contributed by atoms with van der Waals surface area (Å²) in [7, 11) is 1.64. The minimum absolute atomic E-state index is 0.0152. The van der Waals surface area contributed by atoms with Crippen LogP contribution < -0.4 is 0 Å². The van der Waals surface area contributed by atoms with E-state index in [1.807, 2.05) is 52.0 Å². The van der Waals surface area contributed by atoms with Gasteiger partial charge in [0.25, 0.3) is 0 Å². The molecular formula is C32H38N4O6. The number of likely N-dealkylation sites (tertiary alicyclic amines) is 1. The average molecular weight is 575 g/mol. The number of carbonyl (C=O) groups is 3. The number of aromatic nitrogens is 2. The predicted molar refractivity (Wildman–Crippen MR) is 156 cm³/mol. The first-order valence-corrected chi connectivity index (χ1v) is 14.3. The van der Waals surface area contributed by atoms with E-state index in [0.29, 0.717) is 19.4 Å². The lowest BCUT2D eigenvalue weighted by Gasteiger charge is -2.44. The highest BCUT2D eigenvalue weighted by Gasteiger charge is 2.40. The number of rotatable bonds is 6. The molecule has 2 aromatic carbocycles. The molecule has 0 spiro atoms. The lowest BCUT2D eigenvalue weighted by molar-refractivity contribution is -0.00954. The Labute approximate surface area is 245 Å². The van der Waals surface area contributed by atoms with Gasteiger partial charge in [0.2, 0.25) is 0 Å². The number of nitrogens with zero attached hydrogens (tertiary/aromatic N) is 4. The molecule has 0 unspecified atom stereocenters. The maximum absolute atomic E-state index is 14.0. The Hall–Kier alpha value is -4.34. The molecular weight excluding hydrogens is 536 g/mol. The molecule has 0 saturated carbocycles. The van der Waals surface area contributed by atoms with E-state index >= 15 is 0 Å². The Morgan fingerprint density at radius 3 is 2.26 bits per heavy atom. The molecule has 222 valence electrons. The summed E-state index contributed by atoms with van der Waals surface area (Å²) in [4.78, 5) is 42.2. The summed E-state index contributed by atoms with van der Waals surface area (Å²) in [5.41, 5.74) is 4.04. The molecule has 42 heavy (non-hydrogen) atoms. The maximum Gasteiger partial charge on any atom is 0.410 e. The third kappa shape index (κ3) is 5.84. The van der Waals surface area contributed by atoms with Crippen LogP contribution in [0.25, 0.3) is 11.1 Å². The molecule has 3 aromatic rings. The molecule has 10 heteroatoms. The fourth-order valence-electron chi connectivity index (χ4n) is 6.10. The summed E-state index contributed by atoms with van der Waals surface area (Å²) in [6.45, 7) is 7.87. The van der Waals surface area contributed by atoms with Gasteiger partial charge < -0.3 is 19.5 Å². The highest BCUT2D eigenvalue weighted by atomic mass is 16.6. The van der Waals surface area contributed by atoms with Gasteiger partial charge in [-0.1, -0.05) is 48.5 Å². The molecule has 1 N–H and O–H groups in total. The summed E-state index contributed by atoms with van der Waals surface area (Å²) < 4.78 is 13.1. The smallest absolute Gasteiger partial charge is 0.410 e. The molecule has 2 amide bonds. The normalized spacial score (nSPS) is 18.3. The van der Waals surface area contributed by atoms with Crippen molar-refractivity contribution in [2.45, 2.75) is 70.7 Å². The van der Waals surface area contributed by atoms with E-state index in [9.17, 15) is 19.5 Å². The Bertz CT molecular complexity index is 1450. The molecule has 2 heterocycles. The number of piperidine rings is 1. The van der Waals surface area contributed by atoms with Crippen molar-refractivity contribution in [2.24, 2.45) is 7.05 Å². The summed E-state index contributed by atoms with van der Waals surface area (Å²) in [5.74, 6) is -1.26. The van der Waals surface area contributed by atoms with Gasteiger partial charge in [-0.25, -0.2) is 14.4 Å². The minimum Gasteiger partial charge on any atom is -0.478 e. The summed E-state index contributed by atoms with van der Waals surface area (Å²) in [5, 5.41) is 14.1. The van der Waals surface area contributed by atoms with Crippen molar-refractivity contribution in [3.63, 3.8) is 0 Å². The van der Waals surface area contributed by atoms with Crippen molar-refractivity contribution in [1.82, 2.24) is 19.6 Å². The minimum atomic E-state index is -1.13. The van der Waals surface area contributed by atoms with Crippen LogP contribution in [0.4, 0.5) is 9.59 Å². The van der Waals surface area contributed by atoms with Gasteiger partial charge in [-0.15, -0.1) is 0 Å². The van der Waals surface area contributed by atoms with Crippen molar-refractivity contribution in [1.29, 1.82) is 0 Å². The Morgan fingerprint density at radius 1 is 1.05 bits per heavy atom. The molecule has 1 saturated heterocycles. The number of carboxylic acids is 1. The van der Waals surface area contributed by atoms with Crippen molar-refractivity contribution in [2.75, 3.05) is 13.2 Å². The number of aromatic carboxylic acids is 1. The zero-order chi connectivity index (χ0) is 30.2. The molecule has 10 nitrogen and oxygen atoms in total. The van der Waals surface area contributed by atoms with E-state index in [-0.39, 0.29) is 30.3 Å². The molecule has 5 rings (SSSR count). The van der Waals surface area contributed by atoms with Crippen LogP contribution in [-0.2, 0) is 23.1 Å². The SMILES string of the molecule is C[C@@H]1[C@@H](N(Cc2nn(C)cc2C(=O)O)C(=O)OCC2c3ccccc3-c3ccccc32)CCCN1C(=O)OC(C)(C)C. The lowest BCUT2D eigenvalue weighted by atomic mass is 9.96. The number of fused-ring (bicyclic) bond motifs is 3. The molecule has 0 bridgehead atoms. The summed E-state index contributed by atoms with van der Waals surface area (Å²) >= 11 is 0. The van der Waals surface area contributed by atoms with Crippen LogP contribution in [0.15, 0.2) is 54.7 Å². The van der Waals surface area contributed by atoms with E-state index in [1.165, 1.54) is 15.8 Å². The number of carboxylic acid groups (broad SMARTS) is 1. The third-order valence-electron chi connectivity index (χ3n) is 8.00. The number of carbonyl (C=O) groups excluding carboxylic acids is 2. The van der Waals surface area contributed by atoms with Crippen LogP contribution in [0.5, 0.6) is 0 Å². The lowest BCUT2D eigenvalue weighted by Crippen LogP contribution is -2.57. The van der Waals surface area contributed by atoms with Crippen molar-refractivity contribution >= 4 is 18.2 Å². The summed E-state index contributed by atoms with van der Waals surface area (Å²) in [6.07, 6.45) is 1.65. The monoisotopic (exact) mass is 574 g/mol. The summed E-state index contributed by atoms with van der Waals surface area (Å²) in [6, 6.07) is 15.4. The van der Waals surface area contributed by atoms with Crippen LogP contribution in [-0.4, -0.2) is 73.7 Å². The van der Waals surface area contributed by atoms with E-state index in [2.05, 4.69) is 29.4 Å². The molecule has 1 aromatic heterocycles. The van der Waals surface area contributed by atoms with Crippen LogP contribution >= 0.6 is 0 Å².